The fourth-order valence-corrected chi connectivity index (χ4v) is 3.87. The highest BCUT2D eigenvalue weighted by Gasteiger charge is 2.12. The molecule has 1 atom stereocenters. The van der Waals surface area contributed by atoms with Crippen molar-refractivity contribution in [2.75, 3.05) is 4.72 Å². The van der Waals surface area contributed by atoms with E-state index in [4.69, 9.17) is 5.26 Å². The summed E-state index contributed by atoms with van der Waals surface area (Å²) in [5.41, 5.74) is 3.17. The fraction of sp³-hybridized carbons (Fsp3) is 0.0714. The van der Waals surface area contributed by atoms with E-state index in [-0.39, 0.29) is 0 Å². The van der Waals surface area contributed by atoms with Crippen LogP contribution < -0.4 is 4.72 Å². The lowest BCUT2D eigenvalue weighted by Crippen LogP contribution is -2.03. The van der Waals surface area contributed by atoms with E-state index in [1.807, 2.05) is 36.6 Å². The van der Waals surface area contributed by atoms with Crippen molar-refractivity contribution in [1.29, 1.82) is 5.26 Å². The molecule has 2 N–H and O–H groups in total. The number of thiophene rings is 1. The van der Waals surface area contributed by atoms with Crippen LogP contribution >= 0.6 is 11.3 Å². The predicted molar refractivity (Wildman–Crippen MR) is 82.1 cm³/mol. The summed E-state index contributed by atoms with van der Waals surface area (Å²) in [6, 6.07) is 9.66. The lowest BCUT2D eigenvalue weighted by molar-refractivity contribution is 0.687. The molecule has 2 heterocycles. The number of aromatic nitrogens is 1. The van der Waals surface area contributed by atoms with Gasteiger partial charge in [0.25, 0.3) is 0 Å². The molecule has 3 rings (SSSR count). The first-order chi connectivity index (χ1) is 9.70. The fourth-order valence-electron chi connectivity index (χ4n) is 2.11. The van der Waals surface area contributed by atoms with E-state index < -0.39 is 11.0 Å². The average Bonchev–Trinajstić information content (AvgIpc) is 3.10. The summed E-state index contributed by atoms with van der Waals surface area (Å²) in [7, 11) is -1.29. The van der Waals surface area contributed by atoms with E-state index in [0.29, 0.717) is 5.56 Å². The highest BCUT2D eigenvalue weighted by molar-refractivity contribution is 7.88. The molecule has 0 saturated heterocycles. The van der Waals surface area contributed by atoms with E-state index in [1.54, 1.807) is 6.20 Å². The Bertz CT molecular complexity index is 828. The van der Waals surface area contributed by atoms with E-state index in [9.17, 15) is 4.21 Å². The molecule has 4 nitrogen and oxygen atoms in total. The number of fused-ring (bicyclic) bond motifs is 1. The number of anilines is 1. The molecule has 0 aliphatic rings. The normalized spacial score (nSPS) is 12.2. The van der Waals surface area contributed by atoms with Gasteiger partial charge in [-0.2, -0.15) is 5.26 Å². The molecule has 20 heavy (non-hydrogen) atoms. The zero-order chi connectivity index (χ0) is 14.1. The van der Waals surface area contributed by atoms with Crippen molar-refractivity contribution in [1.82, 2.24) is 4.98 Å². The van der Waals surface area contributed by atoms with Gasteiger partial charge in [0.05, 0.1) is 16.8 Å². The zero-order valence-electron chi connectivity index (χ0n) is 10.6. The van der Waals surface area contributed by atoms with E-state index in [2.05, 4.69) is 15.8 Å². The van der Waals surface area contributed by atoms with E-state index >= 15 is 0 Å². The molecular weight excluding hydrogens is 290 g/mol. The Hall–Kier alpha value is -2.10. The monoisotopic (exact) mass is 301 g/mol. The Morgan fingerprint density at radius 2 is 2.25 bits per heavy atom. The topological polar surface area (TPSA) is 68.7 Å². The van der Waals surface area contributed by atoms with Crippen LogP contribution in [0.1, 0.15) is 11.1 Å². The number of aromatic amines is 1. The van der Waals surface area contributed by atoms with Crippen molar-refractivity contribution in [3.63, 3.8) is 0 Å². The summed E-state index contributed by atoms with van der Waals surface area (Å²) >= 11 is 1.44. The maximum Gasteiger partial charge on any atom is 0.160 e. The zero-order valence-corrected chi connectivity index (χ0v) is 12.3. The first-order valence-electron chi connectivity index (χ1n) is 5.93. The number of rotatable bonds is 3. The lowest BCUT2D eigenvalue weighted by atomic mass is 10.1. The van der Waals surface area contributed by atoms with E-state index in [1.165, 1.54) is 11.3 Å². The van der Waals surface area contributed by atoms with Crippen LogP contribution in [-0.2, 0) is 11.0 Å². The highest BCUT2D eigenvalue weighted by atomic mass is 32.2. The van der Waals surface area contributed by atoms with Gasteiger partial charge in [0.15, 0.2) is 11.0 Å². The number of benzene rings is 1. The van der Waals surface area contributed by atoms with Gasteiger partial charge in [-0.1, -0.05) is 12.1 Å². The minimum Gasteiger partial charge on any atom is -0.358 e. The Kier molecular flexibility index (Phi) is 3.30. The largest absolute Gasteiger partial charge is 0.358 e. The number of nitriles is 1. The van der Waals surface area contributed by atoms with Crippen LogP contribution in [0.2, 0.25) is 0 Å². The quantitative estimate of drug-likeness (QED) is 0.777. The van der Waals surface area contributed by atoms with Crippen molar-refractivity contribution in [2.45, 2.75) is 11.1 Å². The second-order valence-corrected chi connectivity index (χ2v) is 6.68. The number of hydrogen-bond donors (Lipinski definition) is 2. The van der Waals surface area contributed by atoms with Gasteiger partial charge in [-0.15, -0.1) is 11.3 Å². The van der Waals surface area contributed by atoms with Gasteiger partial charge in [-0.3, -0.25) is 4.72 Å². The Balaban J connectivity index is 2.05. The summed E-state index contributed by atoms with van der Waals surface area (Å²) < 4.78 is 16.0. The van der Waals surface area contributed by atoms with Crippen LogP contribution in [0.15, 0.2) is 40.1 Å². The third kappa shape index (κ3) is 2.11. The van der Waals surface area contributed by atoms with Crippen LogP contribution in [0.5, 0.6) is 0 Å². The third-order valence-electron chi connectivity index (χ3n) is 3.04. The molecule has 1 unspecified atom stereocenters. The molecule has 0 aliphatic heterocycles. The van der Waals surface area contributed by atoms with Crippen LogP contribution in [-0.4, -0.2) is 9.19 Å². The predicted octanol–water partition coefficient (Wildman–Crippen LogP) is 3.54. The minimum absolute atomic E-state index is 0.600. The van der Waals surface area contributed by atoms with Gasteiger partial charge in [0.2, 0.25) is 0 Å². The van der Waals surface area contributed by atoms with Gasteiger partial charge < -0.3 is 4.98 Å². The lowest BCUT2D eigenvalue weighted by Gasteiger charge is -2.07. The molecule has 0 bridgehead atoms. The van der Waals surface area contributed by atoms with Crippen molar-refractivity contribution < 1.29 is 4.21 Å². The summed E-state index contributed by atoms with van der Waals surface area (Å²) in [5.74, 6) is 0. The van der Waals surface area contributed by atoms with Crippen LogP contribution in [0.4, 0.5) is 5.69 Å². The summed E-state index contributed by atoms with van der Waals surface area (Å²) in [6.45, 7) is 1.96. The molecule has 2 aromatic heterocycles. The molecule has 0 saturated carbocycles. The van der Waals surface area contributed by atoms with Gasteiger partial charge in [-0.05, 0) is 30.0 Å². The maximum atomic E-state index is 12.2. The van der Waals surface area contributed by atoms with Crippen LogP contribution in [0, 0.1) is 18.3 Å². The number of hydrogen-bond acceptors (Lipinski definition) is 3. The molecule has 1 aromatic carbocycles. The van der Waals surface area contributed by atoms with Crippen LogP contribution in [0.3, 0.4) is 0 Å². The number of nitrogens with one attached hydrogen (secondary N) is 2. The van der Waals surface area contributed by atoms with Gasteiger partial charge in [-0.25, -0.2) is 4.21 Å². The summed E-state index contributed by atoms with van der Waals surface area (Å²) in [4.78, 5) is 3.08. The Morgan fingerprint density at radius 1 is 1.40 bits per heavy atom. The first kappa shape index (κ1) is 12.9. The third-order valence-corrected chi connectivity index (χ3v) is 5.36. The molecule has 0 fully saturated rings. The summed E-state index contributed by atoms with van der Waals surface area (Å²) in [5, 5.41) is 11.9. The van der Waals surface area contributed by atoms with Gasteiger partial charge in [0.1, 0.15) is 10.3 Å². The molecule has 0 amide bonds. The van der Waals surface area contributed by atoms with Crippen LogP contribution in [0.25, 0.3) is 10.9 Å². The number of H-pyrrole nitrogens is 1. The molecule has 0 spiro atoms. The molecule has 3 aromatic rings. The van der Waals surface area contributed by atoms with Gasteiger partial charge >= 0.3 is 0 Å². The van der Waals surface area contributed by atoms with Crippen molar-refractivity contribution in [3.8, 4) is 6.07 Å². The Labute approximate surface area is 122 Å². The first-order valence-corrected chi connectivity index (χ1v) is 7.96. The number of nitrogens with zero attached hydrogens (tertiary/aromatic N) is 1. The second kappa shape index (κ2) is 5.12. The summed E-state index contributed by atoms with van der Waals surface area (Å²) in [6.07, 6.45) is 1.68. The standard InChI is InChI=1S/C14H11N3OS2/c1-9-4-5-11(14-13(9)10(7-15)8-16-14)17-20(18)12-3-2-6-19-12/h2-6,8,16-17H,1H3. The van der Waals surface area contributed by atoms with E-state index in [0.717, 1.165) is 26.4 Å². The smallest absolute Gasteiger partial charge is 0.160 e. The van der Waals surface area contributed by atoms with Crippen molar-refractivity contribution in [2.24, 2.45) is 0 Å². The Morgan fingerprint density at radius 3 is 2.95 bits per heavy atom. The number of aryl methyl sites for hydroxylation is 1. The molecular formula is C14H11N3OS2. The SMILES string of the molecule is Cc1ccc(NS(=O)c2cccs2)c2[nH]cc(C#N)c12. The van der Waals surface area contributed by atoms with Gasteiger partial charge in [0, 0.05) is 11.6 Å². The highest BCUT2D eigenvalue weighted by Crippen LogP contribution is 2.29. The maximum absolute atomic E-state index is 12.2. The minimum atomic E-state index is -1.29. The van der Waals surface area contributed by atoms with Crippen molar-refractivity contribution in [3.05, 3.63) is 47.0 Å². The molecule has 100 valence electrons. The van der Waals surface area contributed by atoms with Crippen molar-refractivity contribution >= 4 is 38.9 Å². The molecule has 6 heteroatoms. The average molecular weight is 301 g/mol. The molecule has 0 radical (unpaired) electrons. The molecule has 0 aliphatic carbocycles. The second-order valence-electron chi connectivity index (χ2n) is 4.30.